The molecule has 0 N–H and O–H groups in total. The zero-order valence-electron chi connectivity index (χ0n) is 7.19. The molecule has 1 aliphatic rings. The highest BCUT2D eigenvalue weighted by molar-refractivity contribution is 5.76. The lowest BCUT2D eigenvalue weighted by atomic mass is 10.2. The monoisotopic (exact) mass is 178 g/mol. The molecule has 0 aromatic carbocycles. The summed E-state index contributed by atoms with van der Waals surface area (Å²) in [5.74, 6) is -4.78. The summed E-state index contributed by atoms with van der Waals surface area (Å²) in [6, 6.07) is 0. The molecule has 70 valence electrons. The number of hydrogen-bond donors (Lipinski definition) is 0. The second-order valence-corrected chi connectivity index (χ2v) is 3.78. The molecule has 0 bridgehead atoms. The van der Waals surface area contributed by atoms with Gasteiger partial charge in [-0.2, -0.15) is 8.78 Å². The van der Waals surface area contributed by atoms with Crippen LogP contribution in [0.15, 0.2) is 0 Å². The summed E-state index contributed by atoms with van der Waals surface area (Å²) >= 11 is 0. The maximum absolute atomic E-state index is 12.2. The largest absolute Gasteiger partial charge is 0.461 e. The normalized spacial score (nSPS) is 20.3. The van der Waals surface area contributed by atoms with Gasteiger partial charge in [0.25, 0.3) is 0 Å². The second kappa shape index (κ2) is 2.68. The van der Waals surface area contributed by atoms with Crippen LogP contribution < -0.4 is 0 Å². The van der Waals surface area contributed by atoms with E-state index in [0.717, 1.165) is 12.8 Å². The number of ether oxygens (including phenoxy) is 1. The van der Waals surface area contributed by atoms with E-state index in [9.17, 15) is 13.6 Å². The van der Waals surface area contributed by atoms with Gasteiger partial charge in [0.1, 0.15) is 0 Å². The lowest BCUT2D eigenvalue weighted by molar-refractivity contribution is -0.170. The summed E-state index contributed by atoms with van der Waals surface area (Å²) in [5.41, 5.74) is -0.0269. The molecule has 0 atom stereocenters. The minimum atomic E-state index is -3.36. The van der Waals surface area contributed by atoms with Gasteiger partial charge >= 0.3 is 11.9 Å². The number of halogens is 2. The van der Waals surface area contributed by atoms with Crippen LogP contribution in [0, 0.1) is 5.41 Å². The molecular formula is C8H12F2O2. The predicted octanol–water partition coefficient (Wildman–Crippen LogP) is 1.98. The Bertz CT molecular complexity index is 192. The van der Waals surface area contributed by atoms with E-state index in [1.165, 1.54) is 0 Å². The molecule has 0 aromatic rings. The molecule has 0 aromatic heterocycles. The molecular weight excluding hydrogens is 166 g/mol. The van der Waals surface area contributed by atoms with Gasteiger partial charge in [0.05, 0.1) is 6.61 Å². The van der Waals surface area contributed by atoms with Crippen LogP contribution in [0.5, 0.6) is 0 Å². The van der Waals surface area contributed by atoms with Gasteiger partial charge in [-0.1, -0.05) is 6.92 Å². The van der Waals surface area contributed by atoms with E-state index in [1.54, 1.807) is 0 Å². The highest BCUT2D eigenvalue weighted by Crippen LogP contribution is 2.45. The SMILES string of the molecule is CC1(COC(=O)C(C)(F)F)CC1. The number of carbonyl (C=O) groups excluding carboxylic acids is 1. The van der Waals surface area contributed by atoms with E-state index < -0.39 is 11.9 Å². The van der Waals surface area contributed by atoms with E-state index >= 15 is 0 Å². The molecule has 2 nitrogen and oxygen atoms in total. The van der Waals surface area contributed by atoms with Crippen LogP contribution in [0.25, 0.3) is 0 Å². The first-order valence-electron chi connectivity index (χ1n) is 3.89. The summed E-state index contributed by atoms with van der Waals surface area (Å²) in [4.78, 5) is 10.6. The molecule has 4 heteroatoms. The summed E-state index contributed by atoms with van der Waals surface area (Å²) in [6.45, 7) is 2.58. The molecule has 0 heterocycles. The van der Waals surface area contributed by atoms with Crippen molar-refractivity contribution < 1.29 is 18.3 Å². The molecule has 0 radical (unpaired) electrons. The fraction of sp³-hybridized carbons (Fsp3) is 0.875. The Morgan fingerprint density at radius 3 is 2.42 bits per heavy atom. The zero-order valence-corrected chi connectivity index (χ0v) is 7.19. The number of carbonyl (C=O) groups is 1. The van der Waals surface area contributed by atoms with E-state index in [2.05, 4.69) is 4.74 Å². The Hall–Kier alpha value is -0.670. The summed E-state index contributed by atoms with van der Waals surface area (Å²) in [6.07, 6.45) is 1.91. The molecule has 0 saturated heterocycles. The zero-order chi connectivity index (χ0) is 9.41. The van der Waals surface area contributed by atoms with E-state index in [-0.39, 0.29) is 12.0 Å². The Balaban J connectivity index is 2.28. The van der Waals surface area contributed by atoms with Gasteiger partial charge in [0.2, 0.25) is 0 Å². The van der Waals surface area contributed by atoms with Crippen LogP contribution in [0.4, 0.5) is 8.78 Å². The van der Waals surface area contributed by atoms with Crippen LogP contribution in [0.1, 0.15) is 26.7 Å². The van der Waals surface area contributed by atoms with Gasteiger partial charge in [-0.25, -0.2) is 4.79 Å². The topological polar surface area (TPSA) is 26.3 Å². The predicted molar refractivity (Wildman–Crippen MR) is 38.9 cm³/mol. The number of esters is 1. The minimum absolute atomic E-state index is 0.0269. The van der Waals surface area contributed by atoms with Crippen molar-refractivity contribution in [2.24, 2.45) is 5.41 Å². The standard InChI is InChI=1S/C8H12F2O2/c1-7(3-4-7)5-12-6(11)8(2,9)10/h3-5H2,1-2H3. The summed E-state index contributed by atoms with van der Waals surface area (Å²) in [7, 11) is 0. The third kappa shape index (κ3) is 2.43. The van der Waals surface area contributed by atoms with Crippen molar-refractivity contribution in [1.82, 2.24) is 0 Å². The highest BCUT2D eigenvalue weighted by atomic mass is 19.3. The van der Waals surface area contributed by atoms with Crippen LogP contribution in [-0.4, -0.2) is 18.5 Å². The van der Waals surface area contributed by atoms with Crippen LogP contribution in [0.3, 0.4) is 0 Å². The third-order valence-corrected chi connectivity index (χ3v) is 2.01. The molecule has 1 aliphatic carbocycles. The van der Waals surface area contributed by atoms with Crippen molar-refractivity contribution in [2.75, 3.05) is 6.61 Å². The number of alkyl halides is 2. The molecule has 1 rings (SSSR count). The highest BCUT2D eigenvalue weighted by Gasteiger charge is 2.41. The van der Waals surface area contributed by atoms with Gasteiger partial charge in [0, 0.05) is 12.3 Å². The maximum atomic E-state index is 12.2. The molecule has 1 fully saturated rings. The Labute approximate surface area is 69.9 Å². The van der Waals surface area contributed by atoms with E-state index in [1.807, 2.05) is 6.92 Å². The number of hydrogen-bond acceptors (Lipinski definition) is 2. The van der Waals surface area contributed by atoms with Crippen molar-refractivity contribution >= 4 is 5.97 Å². The van der Waals surface area contributed by atoms with Crippen molar-refractivity contribution in [2.45, 2.75) is 32.6 Å². The van der Waals surface area contributed by atoms with E-state index in [4.69, 9.17) is 0 Å². The van der Waals surface area contributed by atoms with Gasteiger partial charge in [-0.15, -0.1) is 0 Å². The maximum Gasteiger partial charge on any atom is 0.376 e. The van der Waals surface area contributed by atoms with Gasteiger partial charge in [-0.3, -0.25) is 0 Å². The average Bonchev–Trinajstić information content (AvgIpc) is 2.62. The van der Waals surface area contributed by atoms with Gasteiger partial charge in [-0.05, 0) is 12.8 Å². The molecule has 0 spiro atoms. The quantitative estimate of drug-likeness (QED) is 0.618. The summed E-state index contributed by atoms with van der Waals surface area (Å²) < 4.78 is 28.9. The van der Waals surface area contributed by atoms with E-state index in [0.29, 0.717) is 6.92 Å². The first kappa shape index (κ1) is 9.42. The molecule has 1 saturated carbocycles. The summed E-state index contributed by atoms with van der Waals surface area (Å²) in [5, 5.41) is 0. The second-order valence-electron chi connectivity index (χ2n) is 3.78. The fourth-order valence-corrected chi connectivity index (χ4v) is 0.724. The van der Waals surface area contributed by atoms with Crippen LogP contribution in [0.2, 0.25) is 0 Å². The van der Waals surface area contributed by atoms with Crippen LogP contribution >= 0.6 is 0 Å². The van der Waals surface area contributed by atoms with Crippen molar-refractivity contribution in [3.63, 3.8) is 0 Å². The lowest BCUT2D eigenvalue weighted by Gasteiger charge is -2.12. The Morgan fingerprint density at radius 2 is 2.08 bits per heavy atom. The van der Waals surface area contributed by atoms with Gasteiger partial charge in [0.15, 0.2) is 0 Å². The molecule has 0 unspecified atom stereocenters. The first-order chi connectivity index (χ1) is 5.33. The fourth-order valence-electron chi connectivity index (χ4n) is 0.724. The van der Waals surface area contributed by atoms with Crippen molar-refractivity contribution in [3.8, 4) is 0 Å². The number of rotatable bonds is 3. The van der Waals surface area contributed by atoms with Gasteiger partial charge < -0.3 is 4.74 Å². The first-order valence-corrected chi connectivity index (χ1v) is 3.89. The third-order valence-electron chi connectivity index (χ3n) is 2.01. The Kier molecular flexibility index (Phi) is 2.10. The van der Waals surface area contributed by atoms with Crippen molar-refractivity contribution in [1.29, 1.82) is 0 Å². The smallest absolute Gasteiger partial charge is 0.376 e. The minimum Gasteiger partial charge on any atom is -0.461 e. The Morgan fingerprint density at radius 1 is 1.58 bits per heavy atom. The lowest BCUT2D eigenvalue weighted by Crippen LogP contribution is -2.28. The average molecular weight is 178 g/mol. The molecule has 12 heavy (non-hydrogen) atoms. The molecule has 0 amide bonds. The van der Waals surface area contributed by atoms with Crippen LogP contribution in [-0.2, 0) is 9.53 Å². The van der Waals surface area contributed by atoms with Crippen molar-refractivity contribution in [3.05, 3.63) is 0 Å². The molecule has 0 aliphatic heterocycles.